The molecule has 0 bridgehead atoms. The lowest BCUT2D eigenvalue weighted by Gasteiger charge is -2.11. The third-order valence-electron chi connectivity index (χ3n) is 4.54. The Hall–Kier alpha value is -2.80. The molecule has 0 radical (unpaired) electrons. The molecule has 0 aliphatic rings. The number of nitrogens with zero attached hydrogens (tertiary/aromatic N) is 3. The van der Waals surface area contributed by atoms with Crippen LogP contribution in [0.2, 0.25) is 10.0 Å². The maximum absolute atomic E-state index is 12.6. The van der Waals surface area contributed by atoms with Crippen molar-refractivity contribution in [3.63, 3.8) is 0 Å². The number of aromatic nitrogens is 3. The molecule has 1 aromatic heterocycles. The van der Waals surface area contributed by atoms with E-state index >= 15 is 0 Å². The molecule has 31 heavy (non-hydrogen) atoms. The minimum Gasteiger partial charge on any atom is -0.325 e. The van der Waals surface area contributed by atoms with Crippen LogP contribution in [0.4, 0.5) is 5.69 Å². The summed E-state index contributed by atoms with van der Waals surface area (Å²) in [4.78, 5) is 12.6. The molecular formula is C23H18Cl2N4OS. The standard InChI is InChI=1S/C23H18Cl2N4OS/c1-15-10-11-18(25)13-20(15)26-21(30)14-31-23-28-27-22(16-6-5-7-17(24)12-16)29(23)19-8-3-2-4-9-19/h2-13H,14H2,1H3,(H,26,30). The van der Waals surface area contributed by atoms with E-state index in [0.29, 0.717) is 26.7 Å². The van der Waals surface area contributed by atoms with Gasteiger partial charge in [-0.15, -0.1) is 10.2 Å². The first-order valence-electron chi connectivity index (χ1n) is 9.47. The van der Waals surface area contributed by atoms with Crippen molar-refractivity contribution in [1.29, 1.82) is 0 Å². The smallest absolute Gasteiger partial charge is 0.234 e. The summed E-state index contributed by atoms with van der Waals surface area (Å²) in [6.07, 6.45) is 0. The lowest BCUT2D eigenvalue weighted by atomic mass is 10.2. The Balaban J connectivity index is 1.60. The van der Waals surface area contributed by atoms with E-state index in [1.54, 1.807) is 12.1 Å². The number of thioether (sulfide) groups is 1. The molecule has 3 aromatic carbocycles. The first-order valence-corrected chi connectivity index (χ1v) is 11.2. The maximum Gasteiger partial charge on any atom is 0.234 e. The Kier molecular flexibility index (Phi) is 6.61. The topological polar surface area (TPSA) is 59.8 Å². The number of carbonyl (C=O) groups is 1. The summed E-state index contributed by atoms with van der Waals surface area (Å²) in [5.74, 6) is 0.677. The SMILES string of the molecule is Cc1ccc(Cl)cc1NC(=O)CSc1nnc(-c2cccc(Cl)c2)n1-c1ccccc1. The van der Waals surface area contributed by atoms with Gasteiger partial charge in [0.05, 0.1) is 5.75 Å². The highest BCUT2D eigenvalue weighted by atomic mass is 35.5. The molecule has 5 nitrogen and oxygen atoms in total. The van der Waals surface area contributed by atoms with Crippen LogP contribution in [0.1, 0.15) is 5.56 Å². The number of carbonyl (C=O) groups excluding carboxylic acids is 1. The van der Waals surface area contributed by atoms with Gasteiger partial charge in [-0.25, -0.2) is 0 Å². The van der Waals surface area contributed by atoms with Crippen molar-refractivity contribution in [2.45, 2.75) is 12.1 Å². The van der Waals surface area contributed by atoms with Crippen molar-refractivity contribution in [3.05, 3.63) is 88.4 Å². The Morgan fingerprint density at radius 2 is 1.74 bits per heavy atom. The zero-order chi connectivity index (χ0) is 21.8. The maximum atomic E-state index is 12.6. The van der Waals surface area contributed by atoms with E-state index in [0.717, 1.165) is 16.8 Å². The molecule has 0 spiro atoms. The number of amides is 1. The van der Waals surface area contributed by atoms with Gasteiger partial charge < -0.3 is 5.32 Å². The largest absolute Gasteiger partial charge is 0.325 e. The molecule has 4 aromatic rings. The fourth-order valence-corrected chi connectivity index (χ4v) is 4.15. The number of aryl methyl sites for hydroxylation is 1. The van der Waals surface area contributed by atoms with Crippen LogP contribution in [-0.2, 0) is 4.79 Å². The van der Waals surface area contributed by atoms with Crippen molar-refractivity contribution in [2.24, 2.45) is 0 Å². The molecule has 0 saturated heterocycles. The van der Waals surface area contributed by atoms with Crippen LogP contribution in [0.15, 0.2) is 78.0 Å². The zero-order valence-electron chi connectivity index (χ0n) is 16.5. The van der Waals surface area contributed by atoms with E-state index < -0.39 is 0 Å². The molecule has 0 saturated carbocycles. The third-order valence-corrected chi connectivity index (χ3v) is 5.94. The van der Waals surface area contributed by atoms with Gasteiger partial charge in [-0.2, -0.15) is 0 Å². The predicted octanol–water partition coefficient (Wildman–Crippen LogP) is 6.28. The van der Waals surface area contributed by atoms with E-state index in [2.05, 4.69) is 15.5 Å². The lowest BCUT2D eigenvalue weighted by Crippen LogP contribution is -2.15. The summed E-state index contributed by atoms with van der Waals surface area (Å²) >= 11 is 13.5. The van der Waals surface area contributed by atoms with E-state index in [1.807, 2.05) is 72.2 Å². The first kappa shape index (κ1) is 21.4. The summed E-state index contributed by atoms with van der Waals surface area (Å²) in [5.41, 5.74) is 3.38. The quantitative estimate of drug-likeness (QED) is 0.338. The average Bonchev–Trinajstić information content (AvgIpc) is 3.19. The highest BCUT2D eigenvalue weighted by molar-refractivity contribution is 7.99. The molecule has 0 aliphatic carbocycles. The van der Waals surface area contributed by atoms with Gasteiger partial charge in [0.15, 0.2) is 11.0 Å². The molecule has 1 N–H and O–H groups in total. The number of hydrogen-bond donors (Lipinski definition) is 1. The van der Waals surface area contributed by atoms with Gasteiger partial charge >= 0.3 is 0 Å². The number of halogens is 2. The fraction of sp³-hybridized carbons (Fsp3) is 0.0870. The van der Waals surface area contributed by atoms with Crippen molar-refractivity contribution in [3.8, 4) is 17.1 Å². The van der Waals surface area contributed by atoms with E-state index in [-0.39, 0.29) is 11.7 Å². The van der Waals surface area contributed by atoms with Crippen molar-refractivity contribution in [2.75, 3.05) is 11.1 Å². The molecule has 1 amide bonds. The number of rotatable bonds is 6. The van der Waals surface area contributed by atoms with Crippen molar-refractivity contribution in [1.82, 2.24) is 14.8 Å². The van der Waals surface area contributed by atoms with Crippen LogP contribution >= 0.6 is 35.0 Å². The molecule has 0 aliphatic heterocycles. The highest BCUT2D eigenvalue weighted by Crippen LogP contribution is 2.29. The average molecular weight is 469 g/mol. The molecule has 0 atom stereocenters. The number of anilines is 1. The molecule has 156 valence electrons. The van der Waals surface area contributed by atoms with Crippen LogP contribution in [0.3, 0.4) is 0 Å². The lowest BCUT2D eigenvalue weighted by molar-refractivity contribution is -0.113. The van der Waals surface area contributed by atoms with Gasteiger partial charge in [0.1, 0.15) is 0 Å². The van der Waals surface area contributed by atoms with Gasteiger partial charge in [-0.3, -0.25) is 9.36 Å². The third kappa shape index (κ3) is 5.10. The van der Waals surface area contributed by atoms with Gasteiger partial charge in [0, 0.05) is 27.0 Å². The van der Waals surface area contributed by atoms with Crippen LogP contribution in [0, 0.1) is 6.92 Å². The number of nitrogens with one attached hydrogen (secondary N) is 1. The fourth-order valence-electron chi connectivity index (χ4n) is 3.03. The molecular weight excluding hydrogens is 451 g/mol. The highest BCUT2D eigenvalue weighted by Gasteiger charge is 2.17. The number of benzene rings is 3. The van der Waals surface area contributed by atoms with Crippen LogP contribution < -0.4 is 5.32 Å². The van der Waals surface area contributed by atoms with Gasteiger partial charge in [-0.1, -0.05) is 71.4 Å². The predicted molar refractivity (Wildman–Crippen MR) is 127 cm³/mol. The summed E-state index contributed by atoms with van der Waals surface area (Å²) in [6.45, 7) is 1.92. The van der Waals surface area contributed by atoms with E-state index in [9.17, 15) is 4.79 Å². The van der Waals surface area contributed by atoms with Crippen LogP contribution in [0.25, 0.3) is 17.1 Å². The second kappa shape index (κ2) is 9.56. The summed E-state index contributed by atoms with van der Waals surface area (Å²) in [6, 6.07) is 22.6. The number of hydrogen-bond acceptors (Lipinski definition) is 4. The van der Waals surface area contributed by atoms with Crippen LogP contribution in [0.5, 0.6) is 0 Å². The molecule has 4 rings (SSSR count). The van der Waals surface area contributed by atoms with Crippen molar-refractivity contribution >= 4 is 46.6 Å². The minimum atomic E-state index is -0.151. The van der Waals surface area contributed by atoms with Crippen LogP contribution in [-0.4, -0.2) is 26.4 Å². The van der Waals surface area contributed by atoms with Crippen molar-refractivity contribution < 1.29 is 4.79 Å². The number of para-hydroxylation sites is 1. The zero-order valence-corrected chi connectivity index (χ0v) is 18.9. The molecule has 1 heterocycles. The molecule has 0 fully saturated rings. The molecule has 8 heteroatoms. The Labute approximate surface area is 194 Å². The second-order valence-corrected chi connectivity index (χ2v) is 8.60. The Morgan fingerprint density at radius 3 is 2.52 bits per heavy atom. The first-order chi connectivity index (χ1) is 15.0. The molecule has 0 unspecified atom stereocenters. The summed E-state index contributed by atoms with van der Waals surface area (Å²) < 4.78 is 1.92. The summed E-state index contributed by atoms with van der Waals surface area (Å²) in [7, 11) is 0. The van der Waals surface area contributed by atoms with Gasteiger partial charge in [-0.05, 0) is 48.9 Å². The van der Waals surface area contributed by atoms with Gasteiger partial charge in [0.25, 0.3) is 0 Å². The Morgan fingerprint density at radius 1 is 0.968 bits per heavy atom. The normalized spacial score (nSPS) is 10.8. The van der Waals surface area contributed by atoms with E-state index in [4.69, 9.17) is 23.2 Å². The summed E-state index contributed by atoms with van der Waals surface area (Å²) in [5, 5.41) is 13.4. The monoisotopic (exact) mass is 468 g/mol. The second-order valence-electron chi connectivity index (χ2n) is 6.78. The Bertz CT molecular complexity index is 1230. The minimum absolute atomic E-state index is 0.151. The van der Waals surface area contributed by atoms with Gasteiger partial charge in [0.2, 0.25) is 5.91 Å². The van der Waals surface area contributed by atoms with E-state index in [1.165, 1.54) is 11.8 Å².